The molecule has 0 saturated carbocycles. The van der Waals surface area contributed by atoms with Crippen LogP contribution in [0.2, 0.25) is 0 Å². The van der Waals surface area contributed by atoms with Crippen LogP contribution in [0.4, 0.5) is 26.3 Å². The Hall–Kier alpha value is -3.41. The number of hydrogen-bond donors (Lipinski definition) is 0. The van der Waals surface area contributed by atoms with Gasteiger partial charge in [-0.1, -0.05) is 38.1 Å². The van der Waals surface area contributed by atoms with Crippen LogP contribution in [-0.4, -0.2) is 7.05 Å². The summed E-state index contributed by atoms with van der Waals surface area (Å²) >= 11 is 0. The normalized spacial score (nSPS) is 12.9. The first-order valence-electron chi connectivity index (χ1n) is 9.86. The highest BCUT2D eigenvalue weighted by Crippen LogP contribution is 2.36. The first-order valence-corrected chi connectivity index (χ1v) is 9.86. The molecule has 0 aliphatic heterocycles. The molecule has 0 atom stereocenters. The van der Waals surface area contributed by atoms with Crippen molar-refractivity contribution in [2.45, 2.75) is 40.0 Å². The van der Waals surface area contributed by atoms with E-state index in [1.54, 1.807) is 32.0 Å². The molecule has 0 heterocycles. The Morgan fingerprint density at radius 2 is 1.45 bits per heavy atom. The van der Waals surface area contributed by atoms with Crippen molar-refractivity contribution in [2.24, 2.45) is 10.2 Å². The van der Waals surface area contributed by atoms with Gasteiger partial charge in [0.2, 0.25) is 0 Å². The topological polar surface area (TPSA) is 48.5 Å². The molecule has 0 fully saturated rings. The summed E-state index contributed by atoms with van der Waals surface area (Å²) in [6.45, 7) is 7.29. The Balaban J connectivity index is 0.00000265. The van der Waals surface area contributed by atoms with Gasteiger partial charge in [0.05, 0.1) is 22.8 Å². The van der Waals surface area contributed by atoms with Gasteiger partial charge in [-0.05, 0) is 54.8 Å². The molecule has 0 aliphatic carbocycles. The minimum atomic E-state index is -4.92. The van der Waals surface area contributed by atoms with Crippen molar-refractivity contribution in [3.63, 3.8) is 0 Å². The zero-order valence-electron chi connectivity index (χ0n) is 18.7. The summed E-state index contributed by atoms with van der Waals surface area (Å²) in [5, 5.41) is 16.8. The number of alkyl halides is 6. The summed E-state index contributed by atoms with van der Waals surface area (Å²) in [5.74, 6) is 0. The van der Waals surface area contributed by atoms with Crippen LogP contribution >= 0.6 is 0 Å². The first kappa shape index (κ1) is 27.6. The van der Waals surface area contributed by atoms with E-state index in [-0.39, 0.29) is 11.6 Å². The molecule has 3 nitrogen and oxygen atoms in total. The van der Waals surface area contributed by atoms with E-state index in [1.807, 2.05) is 19.9 Å². The third-order valence-corrected chi connectivity index (χ3v) is 4.34. The number of nitrogens with zero attached hydrogens (tertiary/aromatic N) is 3. The van der Waals surface area contributed by atoms with Gasteiger partial charge in [0.1, 0.15) is 5.70 Å². The number of allylic oxidation sites excluding steroid dienone is 1. The quantitative estimate of drug-likeness (QED) is 0.192. The second kappa shape index (κ2) is 11.5. The largest absolute Gasteiger partial charge is 0.416 e. The molecule has 0 bridgehead atoms. The van der Waals surface area contributed by atoms with Crippen LogP contribution < -0.4 is 0 Å². The molecule has 2 aromatic rings. The Bertz CT molecular complexity index is 1070. The van der Waals surface area contributed by atoms with E-state index in [9.17, 15) is 26.3 Å². The van der Waals surface area contributed by atoms with Crippen LogP contribution in [0.25, 0.3) is 17.8 Å². The van der Waals surface area contributed by atoms with Crippen LogP contribution in [0.3, 0.4) is 0 Å². The van der Waals surface area contributed by atoms with Crippen LogP contribution in [0, 0.1) is 18.3 Å². The molecule has 0 amide bonds. The van der Waals surface area contributed by atoms with Gasteiger partial charge >= 0.3 is 12.4 Å². The molecule has 33 heavy (non-hydrogen) atoms. The maximum absolute atomic E-state index is 13.0. The fourth-order valence-electron chi connectivity index (χ4n) is 2.73. The number of hydrogen-bond acceptors (Lipinski definition) is 3. The van der Waals surface area contributed by atoms with Crippen molar-refractivity contribution in [1.29, 1.82) is 5.26 Å². The maximum Gasteiger partial charge on any atom is 0.416 e. The molecule has 0 spiro atoms. The second-order valence-electron chi connectivity index (χ2n) is 6.63. The van der Waals surface area contributed by atoms with Crippen LogP contribution in [-0.2, 0) is 12.4 Å². The predicted molar refractivity (Wildman–Crippen MR) is 117 cm³/mol. The monoisotopic (exact) mass is 467 g/mol. The fraction of sp³-hybridized carbons (Fsp3) is 0.292. The van der Waals surface area contributed by atoms with E-state index in [2.05, 4.69) is 10.2 Å². The Labute approximate surface area is 188 Å². The van der Waals surface area contributed by atoms with Gasteiger partial charge < -0.3 is 0 Å². The second-order valence-corrected chi connectivity index (χ2v) is 6.63. The minimum Gasteiger partial charge on any atom is -0.193 e. The number of benzene rings is 2. The van der Waals surface area contributed by atoms with Gasteiger partial charge in [-0.2, -0.15) is 41.8 Å². The molecule has 176 valence electrons. The van der Waals surface area contributed by atoms with Crippen molar-refractivity contribution in [1.82, 2.24) is 0 Å². The lowest BCUT2D eigenvalue weighted by atomic mass is 9.99. The van der Waals surface area contributed by atoms with Crippen molar-refractivity contribution < 1.29 is 26.3 Å². The summed E-state index contributed by atoms with van der Waals surface area (Å²) in [6.07, 6.45) is -7.24. The molecular weight excluding hydrogens is 444 g/mol. The van der Waals surface area contributed by atoms with E-state index in [0.29, 0.717) is 34.5 Å². The average molecular weight is 467 g/mol. The average Bonchev–Trinajstić information content (AvgIpc) is 2.76. The molecule has 2 rings (SSSR count). The minimum absolute atomic E-state index is 0.0840. The van der Waals surface area contributed by atoms with Crippen LogP contribution in [0.15, 0.2) is 52.2 Å². The molecule has 2 aromatic carbocycles. The van der Waals surface area contributed by atoms with Crippen LogP contribution in [0.1, 0.15) is 54.2 Å². The van der Waals surface area contributed by atoms with Gasteiger partial charge in [-0.25, -0.2) is 0 Å². The summed E-state index contributed by atoms with van der Waals surface area (Å²) in [7, 11) is 1.44. The number of rotatable bonds is 4. The summed E-state index contributed by atoms with van der Waals surface area (Å²) in [6, 6.07) is 8.41. The van der Waals surface area contributed by atoms with Crippen molar-refractivity contribution in [3.8, 4) is 6.07 Å². The summed E-state index contributed by atoms with van der Waals surface area (Å²) in [5.41, 5.74) is -0.589. The number of aryl methyl sites for hydroxylation is 1. The lowest BCUT2D eigenvalue weighted by molar-refractivity contribution is -0.143. The maximum atomic E-state index is 13.0. The zero-order valence-corrected chi connectivity index (χ0v) is 18.7. The molecule has 0 N–H and O–H groups in total. The zero-order chi connectivity index (χ0) is 25.4. The Kier molecular flexibility index (Phi) is 9.59. The molecule has 0 aromatic heterocycles. The number of nitriles is 1. The van der Waals surface area contributed by atoms with Gasteiger partial charge in [-0.3, -0.25) is 0 Å². The molecule has 0 saturated heterocycles. The van der Waals surface area contributed by atoms with E-state index >= 15 is 0 Å². The standard InChI is InChI=1S/C22H17F6N3.C2H6/c1-13-4-6-17(20(31-30-3)14(2)12-29)10-16(13)7-5-15-8-18(21(23,24)25)11-19(9-15)22(26,27)28;1-2/h4-11H,1-3H3;1-2H3/b7-5+,20-14+,31-30?;. The summed E-state index contributed by atoms with van der Waals surface area (Å²) in [4.78, 5) is 0. The summed E-state index contributed by atoms with van der Waals surface area (Å²) < 4.78 is 78.3. The molecule has 0 radical (unpaired) electrons. The van der Waals surface area contributed by atoms with Gasteiger partial charge in [-0.15, -0.1) is 0 Å². The molecule has 0 aliphatic rings. The Morgan fingerprint density at radius 1 is 0.909 bits per heavy atom. The van der Waals surface area contributed by atoms with Crippen molar-refractivity contribution in [2.75, 3.05) is 7.05 Å². The lowest BCUT2D eigenvalue weighted by Gasteiger charge is -2.13. The van der Waals surface area contributed by atoms with Gasteiger partial charge in [0.15, 0.2) is 0 Å². The smallest absolute Gasteiger partial charge is 0.193 e. The van der Waals surface area contributed by atoms with E-state index in [4.69, 9.17) is 5.26 Å². The van der Waals surface area contributed by atoms with Crippen molar-refractivity contribution >= 4 is 17.8 Å². The predicted octanol–water partition coefficient (Wildman–Crippen LogP) is 8.57. The third kappa shape index (κ3) is 7.59. The van der Waals surface area contributed by atoms with E-state index in [1.165, 1.54) is 19.2 Å². The molecule has 9 heteroatoms. The number of azo groups is 1. The highest BCUT2D eigenvalue weighted by Gasteiger charge is 2.36. The highest BCUT2D eigenvalue weighted by atomic mass is 19.4. The van der Waals surface area contributed by atoms with Gasteiger partial charge in [0.25, 0.3) is 0 Å². The molecular formula is C24H23F6N3. The SMILES string of the molecule is CC.CN=N/C(=C(\C)C#N)c1ccc(C)c(/C=C/c2cc(C(F)(F)F)cc(C(F)(F)F)c2)c1. The van der Waals surface area contributed by atoms with E-state index in [0.717, 1.165) is 5.56 Å². The third-order valence-electron chi connectivity index (χ3n) is 4.34. The van der Waals surface area contributed by atoms with Crippen molar-refractivity contribution in [3.05, 3.63) is 75.4 Å². The highest BCUT2D eigenvalue weighted by molar-refractivity contribution is 5.76. The number of halogens is 6. The van der Waals surface area contributed by atoms with Gasteiger partial charge in [0, 0.05) is 12.6 Å². The molecule has 0 unspecified atom stereocenters. The van der Waals surface area contributed by atoms with E-state index < -0.39 is 23.5 Å². The lowest BCUT2D eigenvalue weighted by Crippen LogP contribution is -2.11. The van der Waals surface area contributed by atoms with Crippen LogP contribution in [0.5, 0.6) is 0 Å². The first-order chi connectivity index (χ1) is 15.4. The fourth-order valence-corrected chi connectivity index (χ4v) is 2.73. The Morgan fingerprint density at radius 3 is 1.91 bits per heavy atom.